The minimum Gasteiger partial charge on any atom is -0.469 e. The molecule has 7 heteroatoms. The van der Waals surface area contributed by atoms with Gasteiger partial charge in [0, 0.05) is 13.0 Å². The summed E-state index contributed by atoms with van der Waals surface area (Å²) < 4.78 is 11.9. The van der Waals surface area contributed by atoms with Crippen LogP contribution in [-0.4, -0.2) is 26.2 Å². The molecule has 2 aromatic rings. The molecule has 0 aliphatic heterocycles. The lowest BCUT2D eigenvalue weighted by Gasteiger charge is -2.04. The molecule has 0 saturated carbocycles. The van der Waals surface area contributed by atoms with Gasteiger partial charge >= 0.3 is 5.97 Å². The highest BCUT2D eigenvalue weighted by Crippen LogP contribution is 2.05. The van der Waals surface area contributed by atoms with Crippen molar-refractivity contribution in [1.29, 1.82) is 0 Å². The second-order valence-corrected chi connectivity index (χ2v) is 4.06. The Kier molecular flexibility index (Phi) is 4.66. The number of carbonyl (C=O) groups is 1. The fraction of sp³-hybridized carbons (Fsp3) is 0.500. The second kappa shape index (κ2) is 6.67. The summed E-state index contributed by atoms with van der Waals surface area (Å²) in [7, 11) is 0. The highest BCUT2D eigenvalue weighted by molar-refractivity contribution is 5.69. The Hall–Kier alpha value is -2.18. The molecule has 2 heterocycles. The van der Waals surface area contributed by atoms with Crippen molar-refractivity contribution in [2.45, 2.75) is 39.3 Å². The molecular weight excluding hydrogens is 248 g/mol. The van der Waals surface area contributed by atoms with Crippen molar-refractivity contribution in [2.24, 2.45) is 0 Å². The zero-order valence-electron chi connectivity index (χ0n) is 10.8. The zero-order valence-corrected chi connectivity index (χ0v) is 10.8. The number of aryl methyl sites for hydroxylation is 2. The van der Waals surface area contributed by atoms with Gasteiger partial charge < -0.3 is 9.15 Å². The predicted octanol–water partition coefficient (Wildman–Crippen LogP) is 1.35. The van der Waals surface area contributed by atoms with E-state index in [0.717, 1.165) is 12.2 Å². The van der Waals surface area contributed by atoms with E-state index in [2.05, 4.69) is 15.5 Å². The van der Waals surface area contributed by atoms with E-state index in [1.54, 1.807) is 17.0 Å². The van der Waals surface area contributed by atoms with Gasteiger partial charge in [-0.3, -0.25) is 4.79 Å². The van der Waals surface area contributed by atoms with Crippen LogP contribution in [0.25, 0.3) is 0 Å². The van der Waals surface area contributed by atoms with Crippen LogP contribution in [0.2, 0.25) is 0 Å². The van der Waals surface area contributed by atoms with E-state index in [4.69, 9.17) is 9.15 Å². The van der Waals surface area contributed by atoms with Gasteiger partial charge in [-0.1, -0.05) is 6.92 Å². The van der Waals surface area contributed by atoms with Crippen molar-refractivity contribution in [2.75, 3.05) is 0 Å². The van der Waals surface area contributed by atoms with Gasteiger partial charge in [-0.2, -0.15) is 0 Å². The van der Waals surface area contributed by atoms with Crippen molar-refractivity contribution in [3.63, 3.8) is 0 Å². The third-order valence-electron chi connectivity index (χ3n) is 2.56. The number of rotatable bonds is 7. The van der Waals surface area contributed by atoms with Crippen LogP contribution in [0.15, 0.2) is 22.8 Å². The maximum Gasteiger partial charge on any atom is 0.306 e. The molecule has 102 valence electrons. The maximum absolute atomic E-state index is 11.6. The lowest BCUT2D eigenvalue weighted by atomic mass is 10.2. The van der Waals surface area contributed by atoms with Crippen LogP contribution >= 0.6 is 0 Å². The van der Waals surface area contributed by atoms with Crippen LogP contribution < -0.4 is 0 Å². The summed E-state index contributed by atoms with van der Waals surface area (Å²) in [6, 6.07) is 3.62. The van der Waals surface area contributed by atoms with Crippen LogP contribution in [0.4, 0.5) is 0 Å². The molecule has 0 amide bonds. The first-order chi connectivity index (χ1) is 9.29. The van der Waals surface area contributed by atoms with Gasteiger partial charge in [-0.15, -0.1) is 5.10 Å². The highest BCUT2D eigenvalue weighted by atomic mass is 16.5. The molecule has 0 saturated heterocycles. The Balaban J connectivity index is 1.75. The molecule has 2 aromatic heterocycles. The molecule has 0 unspecified atom stereocenters. The number of hydrogen-bond acceptors (Lipinski definition) is 6. The van der Waals surface area contributed by atoms with Gasteiger partial charge in [0.2, 0.25) is 0 Å². The minimum atomic E-state index is -0.289. The number of tetrazole rings is 1. The van der Waals surface area contributed by atoms with Crippen molar-refractivity contribution in [3.8, 4) is 0 Å². The van der Waals surface area contributed by atoms with Crippen LogP contribution in [0.1, 0.15) is 31.4 Å². The summed E-state index contributed by atoms with van der Waals surface area (Å²) >= 11 is 0. The van der Waals surface area contributed by atoms with E-state index < -0.39 is 0 Å². The van der Waals surface area contributed by atoms with E-state index in [-0.39, 0.29) is 19.0 Å². The summed E-state index contributed by atoms with van der Waals surface area (Å²) in [6.45, 7) is 2.84. The first kappa shape index (κ1) is 13.3. The number of furan rings is 1. The number of nitrogens with zero attached hydrogens (tertiary/aromatic N) is 4. The fourth-order valence-corrected chi connectivity index (χ4v) is 1.61. The van der Waals surface area contributed by atoms with E-state index >= 15 is 0 Å². The van der Waals surface area contributed by atoms with Gasteiger partial charge in [0.15, 0.2) is 12.4 Å². The largest absolute Gasteiger partial charge is 0.469 e. The van der Waals surface area contributed by atoms with Crippen molar-refractivity contribution >= 4 is 5.97 Å². The van der Waals surface area contributed by atoms with Gasteiger partial charge in [0.05, 0.1) is 12.7 Å². The molecule has 0 aliphatic carbocycles. The quantitative estimate of drug-likeness (QED) is 0.702. The van der Waals surface area contributed by atoms with E-state index in [0.29, 0.717) is 18.8 Å². The Morgan fingerprint density at radius 3 is 3.16 bits per heavy atom. The van der Waals surface area contributed by atoms with Crippen LogP contribution in [-0.2, 0) is 29.1 Å². The Labute approximate surface area is 110 Å². The molecule has 0 aliphatic rings. The molecule has 0 spiro atoms. The minimum absolute atomic E-state index is 0.101. The standard InChI is InChI=1S/C12H16N4O3/c1-2-7-16-11(13-14-15-16)9-19-12(17)6-5-10-4-3-8-18-10/h3-4,8H,2,5-7,9H2,1H3. The van der Waals surface area contributed by atoms with Crippen molar-refractivity contribution in [3.05, 3.63) is 30.0 Å². The Bertz CT molecular complexity index is 507. The van der Waals surface area contributed by atoms with Crippen LogP contribution in [0.3, 0.4) is 0 Å². The monoisotopic (exact) mass is 264 g/mol. The maximum atomic E-state index is 11.6. The van der Waals surface area contributed by atoms with E-state index in [1.165, 1.54) is 0 Å². The smallest absolute Gasteiger partial charge is 0.306 e. The molecule has 0 N–H and O–H groups in total. The van der Waals surface area contributed by atoms with Crippen LogP contribution in [0, 0.1) is 0 Å². The average molecular weight is 264 g/mol. The summed E-state index contributed by atoms with van der Waals surface area (Å²) in [5.41, 5.74) is 0. The molecule has 2 rings (SSSR count). The Morgan fingerprint density at radius 1 is 1.53 bits per heavy atom. The molecular formula is C12H16N4O3. The third kappa shape index (κ3) is 3.90. The first-order valence-electron chi connectivity index (χ1n) is 6.22. The van der Waals surface area contributed by atoms with Gasteiger partial charge in [0.1, 0.15) is 5.76 Å². The zero-order chi connectivity index (χ0) is 13.5. The second-order valence-electron chi connectivity index (χ2n) is 4.06. The molecule has 0 aromatic carbocycles. The number of ether oxygens (including phenoxy) is 1. The number of aromatic nitrogens is 4. The third-order valence-corrected chi connectivity index (χ3v) is 2.56. The molecule has 19 heavy (non-hydrogen) atoms. The molecule has 0 atom stereocenters. The van der Waals surface area contributed by atoms with Crippen molar-refractivity contribution < 1.29 is 13.9 Å². The summed E-state index contributed by atoms with van der Waals surface area (Å²) in [6.07, 6.45) is 3.32. The normalized spacial score (nSPS) is 10.6. The number of hydrogen-bond donors (Lipinski definition) is 0. The average Bonchev–Trinajstić information content (AvgIpc) is 3.06. The summed E-state index contributed by atoms with van der Waals surface area (Å²) in [5, 5.41) is 11.2. The van der Waals surface area contributed by atoms with E-state index in [1.807, 2.05) is 13.0 Å². The van der Waals surface area contributed by atoms with Gasteiger partial charge in [-0.05, 0) is 29.0 Å². The SMILES string of the molecule is CCCn1nnnc1COC(=O)CCc1ccco1. The molecule has 0 radical (unpaired) electrons. The first-order valence-corrected chi connectivity index (χ1v) is 6.22. The van der Waals surface area contributed by atoms with Crippen LogP contribution in [0.5, 0.6) is 0 Å². The Morgan fingerprint density at radius 2 is 2.42 bits per heavy atom. The lowest BCUT2D eigenvalue weighted by Crippen LogP contribution is -2.11. The van der Waals surface area contributed by atoms with Gasteiger partial charge in [-0.25, -0.2) is 4.68 Å². The molecule has 0 bridgehead atoms. The molecule has 0 fully saturated rings. The summed E-state index contributed by atoms with van der Waals surface area (Å²) in [5.74, 6) is 1.04. The fourth-order valence-electron chi connectivity index (χ4n) is 1.61. The number of esters is 1. The molecule has 7 nitrogen and oxygen atoms in total. The predicted molar refractivity (Wildman–Crippen MR) is 64.9 cm³/mol. The lowest BCUT2D eigenvalue weighted by molar-refractivity contribution is -0.145. The summed E-state index contributed by atoms with van der Waals surface area (Å²) in [4.78, 5) is 11.6. The number of carbonyl (C=O) groups excluding carboxylic acids is 1. The highest BCUT2D eigenvalue weighted by Gasteiger charge is 2.10. The van der Waals surface area contributed by atoms with Crippen molar-refractivity contribution in [1.82, 2.24) is 20.2 Å². The topological polar surface area (TPSA) is 83.0 Å². The van der Waals surface area contributed by atoms with Gasteiger partial charge in [0.25, 0.3) is 0 Å². The van der Waals surface area contributed by atoms with E-state index in [9.17, 15) is 4.79 Å².